The maximum absolute atomic E-state index is 6.19. The van der Waals surface area contributed by atoms with E-state index in [4.69, 9.17) is 34.8 Å². The first kappa shape index (κ1) is 16.3. The van der Waals surface area contributed by atoms with Gasteiger partial charge in [-0.05, 0) is 35.9 Å². The van der Waals surface area contributed by atoms with Crippen molar-refractivity contribution in [1.82, 2.24) is 4.98 Å². The molecule has 3 rings (SSSR count). The molecule has 1 N–H and O–H groups in total. The molecule has 0 spiro atoms. The van der Waals surface area contributed by atoms with Crippen molar-refractivity contribution >= 4 is 57.5 Å². The second-order valence-electron chi connectivity index (χ2n) is 4.58. The summed E-state index contributed by atoms with van der Waals surface area (Å²) in [6.45, 7) is 0. The second-order valence-corrected chi connectivity index (χ2v) is 6.72. The van der Waals surface area contributed by atoms with Gasteiger partial charge in [0.15, 0.2) is 0 Å². The number of rotatable bonds is 4. The average molecular weight is 383 g/mol. The summed E-state index contributed by atoms with van der Waals surface area (Å²) in [7, 11) is 0. The van der Waals surface area contributed by atoms with Crippen molar-refractivity contribution in [1.29, 1.82) is 0 Å². The summed E-state index contributed by atoms with van der Waals surface area (Å²) in [5.74, 6) is 0. The first-order valence-corrected chi connectivity index (χ1v) is 8.59. The van der Waals surface area contributed by atoms with Crippen LogP contribution in [0.15, 0.2) is 52.9 Å². The summed E-state index contributed by atoms with van der Waals surface area (Å²) in [6, 6.07) is 12.7. The number of aromatic nitrogens is 1. The molecule has 1 aromatic heterocycles. The lowest BCUT2D eigenvalue weighted by molar-refractivity contribution is 1.29. The first-order chi connectivity index (χ1) is 11.1. The lowest BCUT2D eigenvalue weighted by Gasteiger charge is -2.00. The van der Waals surface area contributed by atoms with Crippen molar-refractivity contribution in [2.45, 2.75) is 0 Å². The Labute approximate surface area is 152 Å². The van der Waals surface area contributed by atoms with E-state index in [1.807, 2.05) is 35.7 Å². The molecule has 116 valence electrons. The highest BCUT2D eigenvalue weighted by atomic mass is 35.5. The minimum absolute atomic E-state index is 0.569. The number of anilines is 1. The van der Waals surface area contributed by atoms with Gasteiger partial charge in [0.2, 0.25) is 5.13 Å². The van der Waals surface area contributed by atoms with Gasteiger partial charge in [0.05, 0.1) is 16.9 Å². The van der Waals surface area contributed by atoms with Crippen molar-refractivity contribution in [3.8, 4) is 11.3 Å². The third kappa shape index (κ3) is 4.24. The fourth-order valence-corrected chi connectivity index (χ4v) is 3.15. The van der Waals surface area contributed by atoms with Crippen LogP contribution in [0.4, 0.5) is 5.13 Å². The van der Waals surface area contributed by atoms with Gasteiger partial charge in [-0.3, -0.25) is 5.43 Å². The number of hydrazone groups is 1. The number of thiazole rings is 1. The maximum Gasteiger partial charge on any atom is 0.203 e. The molecule has 0 bridgehead atoms. The van der Waals surface area contributed by atoms with Gasteiger partial charge in [0.25, 0.3) is 0 Å². The Morgan fingerprint density at radius 1 is 1.00 bits per heavy atom. The first-order valence-electron chi connectivity index (χ1n) is 6.57. The molecule has 2 aromatic carbocycles. The van der Waals surface area contributed by atoms with Gasteiger partial charge >= 0.3 is 0 Å². The summed E-state index contributed by atoms with van der Waals surface area (Å²) in [5, 5.41) is 8.61. The van der Waals surface area contributed by atoms with Gasteiger partial charge in [-0.1, -0.05) is 46.9 Å². The molecule has 0 saturated heterocycles. The Bertz CT molecular complexity index is 844. The predicted molar refractivity (Wildman–Crippen MR) is 100 cm³/mol. The van der Waals surface area contributed by atoms with Crippen molar-refractivity contribution in [2.24, 2.45) is 5.10 Å². The van der Waals surface area contributed by atoms with E-state index in [2.05, 4.69) is 15.5 Å². The van der Waals surface area contributed by atoms with Crippen LogP contribution in [-0.4, -0.2) is 11.2 Å². The molecule has 7 heteroatoms. The molecule has 23 heavy (non-hydrogen) atoms. The highest BCUT2D eigenvalue weighted by molar-refractivity contribution is 7.14. The maximum atomic E-state index is 6.19. The molecule has 0 amide bonds. The second kappa shape index (κ2) is 7.32. The third-order valence-corrected chi connectivity index (χ3v) is 4.50. The van der Waals surface area contributed by atoms with Gasteiger partial charge < -0.3 is 0 Å². The Hall–Kier alpha value is -1.59. The molecule has 0 aliphatic carbocycles. The fourth-order valence-electron chi connectivity index (χ4n) is 1.86. The van der Waals surface area contributed by atoms with Gasteiger partial charge in [0.1, 0.15) is 0 Å². The highest BCUT2D eigenvalue weighted by Gasteiger charge is 2.08. The molecule has 0 atom stereocenters. The Kier molecular flexibility index (Phi) is 5.18. The van der Waals surface area contributed by atoms with E-state index in [1.54, 1.807) is 18.3 Å². The van der Waals surface area contributed by atoms with E-state index in [0.29, 0.717) is 20.2 Å². The summed E-state index contributed by atoms with van der Waals surface area (Å²) in [4.78, 5) is 4.46. The van der Waals surface area contributed by atoms with Crippen LogP contribution in [0, 0.1) is 0 Å². The highest BCUT2D eigenvalue weighted by Crippen LogP contribution is 2.32. The standard InChI is InChI=1S/C16H10Cl3N3S/c17-11-3-1-10(2-4-11)8-20-22-16-21-15(9-23-16)13-6-5-12(18)7-14(13)19/h1-9H,(H,21,22)/b20-8+. The summed E-state index contributed by atoms with van der Waals surface area (Å²) >= 11 is 19.4. The van der Waals surface area contributed by atoms with Crippen LogP contribution < -0.4 is 5.43 Å². The van der Waals surface area contributed by atoms with E-state index in [1.165, 1.54) is 11.3 Å². The van der Waals surface area contributed by atoms with Gasteiger partial charge in [0, 0.05) is 21.0 Å². The molecule has 0 fully saturated rings. The molecule has 0 aliphatic rings. The van der Waals surface area contributed by atoms with Crippen molar-refractivity contribution in [3.63, 3.8) is 0 Å². The van der Waals surface area contributed by atoms with Crippen LogP contribution in [-0.2, 0) is 0 Å². The smallest absolute Gasteiger partial charge is 0.203 e. The number of nitrogens with zero attached hydrogens (tertiary/aromatic N) is 2. The minimum Gasteiger partial charge on any atom is -0.253 e. The zero-order chi connectivity index (χ0) is 16.2. The van der Waals surface area contributed by atoms with E-state index < -0.39 is 0 Å². The van der Waals surface area contributed by atoms with Crippen LogP contribution in [0.2, 0.25) is 15.1 Å². The van der Waals surface area contributed by atoms with E-state index in [-0.39, 0.29) is 0 Å². The number of hydrogen-bond acceptors (Lipinski definition) is 4. The van der Waals surface area contributed by atoms with Crippen molar-refractivity contribution in [3.05, 3.63) is 68.5 Å². The number of benzene rings is 2. The largest absolute Gasteiger partial charge is 0.253 e. The Morgan fingerprint density at radius 3 is 2.48 bits per heavy atom. The van der Waals surface area contributed by atoms with E-state index >= 15 is 0 Å². The summed E-state index contributed by atoms with van der Waals surface area (Å²) in [5.41, 5.74) is 5.46. The van der Waals surface area contributed by atoms with Crippen LogP contribution in [0.1, 0.15) is 5.56 Å². The third-order valence-electron chi connectivity index (χ3n) is 2.96. The molecule has 0 saturated carbocycles. The van der Waals surface area contributed by atoms with Crippen molar-refractivity contribution in [2.75, 3.05) is 5.43 Å². The number of nitrogens with one attached hydrogen (secondary N) is 1. The average Bonchev–Trinajstić information content (AvgIpc) is 2.98. The molecule has 1 heterocycles. The quantitative estimate of drug-likeness (QED) is 0.430. The van der Waals surface area contributed by atoms with Crippen molar-refractivity contribution < 1.29 is 0 Å². The van der Waals surface area contributed by atoms with Crippen LogP contribution in [0.25, 0.3) is 11.3 Å². The Morgan fingerprint density at radius 2 is 1.74 bits per heavy atom. The monoisotopic (exact) mass is 381 g/mol. The molecule has 0 radical (unpaired) electrons. The molecule has 0 aliphatic heterocycles. The van der Waals surface area contributed by atoms with Gasteiger partial charge in [-0.15, -0.1) is 11.3 Å². The SMILES string of the molecule is Clc1ccc(/C=N/Nc2nc(-c3ccc(Cl)cc3Cl)cs2)cc1. The van der Waals surface area contributed by atoms with Crippen LogP contribution in [0.3, 0.4) is 0 Å². The van der Waals surface area contributed by atoms with Crippen LogP contribution in [0.5, 0.6) is 0 Å². The zero-order valence-corrected chi connectivity index (χ0v) is 14.7. The number of halogens is 3. The van der Waals surface area contributed by atoms with Crippen LogP contribution >= 0.6 is 46.1 Å². The topological polar surface area (TPSA) is 37.3 Å². The zero-order valence-electron chi connectivity index (χ0n) is 11.6. The molecule has 3 aromatic rings. The lowest BCUT2D eigenvalue weighted by Crippen LogP contribution is -1.90. The van der Waals surface area contributed by atoms with E-state index in [9.17, 15) is 0 Å². The van der Waals surface area contributed by atoms with Gasteiger partial charge in [-0.2, -0.15) is 5.10 Å². The molecular formula is C16H10Cl3N3S. The van der Waals surface area contributed by atoms with Gasteiger partial charge in [-0.25, -0.2) is 4.98 Å². The fraction of sp³-hybridized carbons (Fsp3) is 0. The predicted octanol–water partition coefficient (Wildman–Crippen LogP) is 6.22. The normalized spacial score (nSPS) is 11.1. The Balaban J connectivity index is 1.71. The summed E-state index contributed by atoms with van der Waals surface area (Å²) < 4.78 is 0. The van der Waals surface area contributed by atoms with E-state index in [0.717, 1.165) is 16.8 Å². The molecule has 0 unspecified atom stereocenters. The minimum atomic E-state index is 0.569. The molecular weight excluding hydrogens is 373 g/mol. The number of hydrogen-bond donors (Lipinski definition) is 1. The summed E-state index contributed by atoms with van der Waals surface area (Å²) in [6.07, 6.45) is 1.70. The molecule has 3 nitrogen and oxygen atoms in total. The lowest BCUT2D eigenvalue weighted by atomic mass is 10.2.